The number of fused-ring (bicyclic) bond motifs is 3. The molecular weight excluding hydrogens is 649 g/mol. The molecule has 0 bridgehead atoms. The Morgan fingerprint density at radius 3 is 0.889 bits per heavy atom. The van der Waals surface area contributed by atoms with E-state index in [-0.39, 0.29) is 0 Å². The first kappa shape index (κ1) is 31.7. The second-order valence-electron chi connectivity index (χ2n) is 14.1. The molecule has 0 heterocycles. The van der Waals surface area contributed by atoms with Crippen LogP contribution in [0.25, 0.3) is 99.1 Å². The number of hydrogen-bond donors (Lipinski definition) is 0. The summed E-state index contributed by atoms with van der Waals surface area (Å²) in [5.41, 5.74) is 14.6. The Bertz CT molecular complexity index is 2740. The van der Waals surface area contributed by atoms with Crippen LogP contribution in [-0.4, -0.2) is 0 Å². The highest BCUT2D eigenvalue weighted by Gasteiger charge is 2.18. The minimum absolute atomic E-state index is 1.21. The Kier molecular flexibility index (Phi) is 7.93. The molecule has 0 atom stereocenters. The van der Waals surface area contributed by atoms with Crippen LogP contribution in [0.5, 0.6) is 0 Å². The van der Waals surface area contributed by atoms with Crippen LogP contribution in [0, 0.1) is 0 Å². The zero-order valence-corrected chi connectivity index (χ0v) is 29.8. The van der Waals surface area contributed by atoms with Crippen LogP contribution in [0.3, 0.4) is 0 Å². The molecular formula is C54H36. The number of hydrogen-bond acceptors (Lipinski definition) is 0. The van der Waals surface area contributed by atoms with Crippen molar-refractivity contribution in [2.75, 3.05) is 0 Å². The Balaban J connectivity index is 1.27. The maximum Gasteiger partial charge on any atom is -0.00926 e. The van der Waals surface area contributed by atoms with Crippen molar-refractivity contribution in [3.8, 4) is 66.8 Å². The summed E-state index contributed by atoms with van der Waals surface area (Å²) in [7, 11) is 0. The van der Waals surface area contributed by atoms with Gasteiger partial charge in [-0.1, -0.05) is 182 Å². The summed E-state index contributed by atoms with van der Waals surface area (Å²) in [6, 6.07) is 79.9. The van der Waals surface area contributed by atoms with Crippen LogP contribution in [0.2, 0.25) is 0 Å². The predicted octanol–water partition coefficient (Wildman–Crippen LogP) is 15.1. The number of benzene rings is 10. The standard InChI is InChI=1S/C54H36/c1-5-15-37(16-6-1)43-25-27-47(51(33-43)39-19-9-3-10-20-39)49-29-30-50(54-36-46-32-42-24-14-13-23-41(42)31-45(46)35-53(49)54)48-28-26-44(38-17-7-2-8-18-38)34-52(48)40-21-11-4-12-22-40/h1-36H. The van der Waals surface area contributed by atoms with Crippen molar-refractivity contribution in [2.24, 2.45) is 0 Å². The highest BCUT2D eigenvalue weighted by molar-refractivity contribution is 6.15. The van der Waals surface area contributed by atoms with E-state index in [1.165, 1.54) is 99.1 Å². The molecule has 0 saturated carbocycles. The highest BCUT2D eigenvalue weighted by Crippen LogP contribution is 2.45. The Morgan fingerprint density at radius 2 is 0.500 bits per heavy atom. The molecule has 0 aliphatic rings. The third kappa shape index (κ3) is 5.75. The molecule has 0 N–H and O–H groups in total. The molecule has 0 amide bonds. The molecule has 0 unspecified atom stereocenters. The van der Waals surface area contributed by atoms with Gasteiger partial charge in [-0.2, -0.15) is 0 Å². The van der Waals surface area contributed by atoms with E-state index in [1.807, 2.05) is 0 Å². The summed E-state index contributed by atoms with van der Waals surface area (Å²) < 4.78 is 0. The maximum atomic E-state index is 2.43. The van der Waals surface area contributed by atoms with Crippen molar-refractivity contribution in [1.29, 1.82) is 0 Å². The Labute approximate surface area is 316 Å². The van der Waals surface area contributed by atoms with E-state index in [2.05, 4.69) is 218 Å². The van der Waals surface area contributed by atoms with Crippen molar-refractivity contribution >= 4 is 32.3 Å². The SMILES string of the molecule is c1ccc(-c2ccc(-c3ccc(-c4ccc(-c5ccccc5)cc4-c4ccccc4)c4cc5cc6ccccc6cc5cc34)c(-c3ccccc3)c2)cc1. The topological polar surface area (TPSA) is 0 Å². The van der Waals surface area contributed by atoms with Gasteiger partial charge in [-0.15, -0.1) is 0 Å². The molecule has 0 radical (unpaired) electrons. The molecule has 10 aromatic carbocycles. The van der Waals surface area contributed by atoms with E-state index in [0.717, 1.165) is 0 Å². The molecule has 54 heavy (non-hydrogen) atoms. The summed E-state index contributed by atoms with van der Waals surface area (Å²) in [5.74, 6) is 0. The zero-order valence-electron chi connectivity index (χ0n) is 29.8. The second-order valence-corrected chi connectivity index (χ2v) is 14.1. The average Bonchev–Trinajstić information content (AvgIpc) is 3.25. The quantitative estimate of drug-likeness (QED) is 0.153. The molecule has 10 rings (SSSR count). The lowest BCUT2D eigenvalue weighted by atomic mass is 9.84. The first-order valence-corrected chi connectivity index (χ1v) is 18.7. The van der Waals surface area contributed by atoms with E-state index in [4.69, 9.17) is 0 Å². The van der Waals surface area contributed by atoms with Crippen LogP contribution in [-0.2, 0) is 0 Å². The molecule has 0 aliphatic heterocycles. The summed E-state index contributed by atoms with van der Waals surface area (Å²) in [4.78, 5) is 0. The molecule has 252 valence electrons. The first-order valence-electron chi connectivity index (χ1n) is 18.7. The van der Waals surface area contributed by atoms with Crippen molar-refractivity contribution in [3.63, 3.8) is 0 Å². The van der Waals surface area contributed by atoms with Gasteiger partial charge < -0.3 is 0 Å². The minimum Gasteiger partial charge on any atom is -0.0622 e. The van der Waals surface area contributed by atoms with Gasteiger partial charge >= 0.3 is 0 Å². The molecule has 10 aromatic rings. The third-order valence-electron chi connectivity index (χ3n) is 10.8. The van der Waals surface area contributed by atoms with Gasteiger partial charge in [0, 0.05) is 0 Å². The fraction of sp³-hybridized carbons (Fsp3) is 0. The van der Waals surface area contributed by atoms with Gasteiger partial charge in [0.2, 0.25) is 0 Å². The number of rotatable bonds is 6. The van der Waals surface area contributed by atoms with E-state index in [0.29, 0.717) is 0 Å². The van der Waals surface area contributed by atoms with Crippen molar-refractivity contribution in [3.05, 3.63) is 218 Å². The lowest BCUT2D eigenvalue weighted by molar-refractivity contribution is 1.56. The Morgan fingerprint density at radius 1 is 0.167 bits per heavy atom. The summed E-state index contributed by atoms with van der Waals surface area (Å²) >= 11 is 0. The smallest absolute Gasteiger partial charge is 0.00926 e. The van der Waals surface area contributed by atoms with Crippen molar-refractivity contribution in [2.45, 2.75) is 0 Å². The monoisotopic (exact) mass is 684 g/mol. The summed E-state index contributed by atoms with van der Waals surface area (Å²) in [6.45, 7) is 0. The molecule has 0 saturated heterocycles. The fourth-order valence-corrected chi connectivity index (χ4v) is 8.15. The van der Waals surface area contributed by atoms with Crippen molar-refractivity contribution in [1.82, 2.24) is 0 Å². The first-order chi connectivity index (χ1) is 26.8. The van der Waals surface area contributed by atoms with Gasteiger partial charge in [0.25, 0.3) is 0 Å². The van der Waals surface area contributed by atoms with Crippen LogP contribution in [0.1, 0.15) is 0 Å². The molecule has 0 nitrogen and oxygen atoms in total. The fourth-order valence-electron chi connectivity index (χ4n) is 8.15. The lowest BCUT2D eigenvalue weighted by Crippen LogP contribution is -1.93. The normalized spacial score (nSPS) is 11.3. The summed E-state index contributed by atoms with van der Waals surface area (Å²) in [6.07, 6.45) is 0. The van der Waals surface area contributed by atoms with Gasteiger partial charge in [-0.3, -0.25) is 0 Å². The van der Waals surface area contributed by atoms with Crippen molar-refractivity contribution < 1.29 is 0 Å². The van der Waals surface area contributed by atoms with Crippen LogP contribution in [0.4, 0.5) is 0 Å². The van der Waals surface area contributed by atoms with Gasteiger partial charge in [0.1, 0.15) is 0 Å². The van der Waals surface area contributed by atoms with Crippen LogP contribution in [0.15, 0.2) is 218 Å². The Hall–Kier alpha value is -7.02. The van der Waals surface area contributed by atoms with Gasteiger partial charge in [-0.25, -0.2) is 0 Å². The van der Waals surface area contributed by atoms with E-state index >= 15 is 0 Å². The molecule has 0 aliphatic carbocycles. The zero-order chi connectivity index (χ0) is 35.8. The van der Waals surface area contributed by atoms with Gasteiger partial charge in [0.15, 0.2) is 0 Å². The second kappa shape index (κ2) is 13.5. The highest BCUT2D eigenvalue weighted by atomic mass is 14.2. The molecule has 0 fully saturated rings. The predicted molar refractivity (Wildman–Crippen MR) is 232 cm³/mol. The largest absolute Gasteiger partial charge is 0.0622 e. The van der Waals surface area contributed by atoms with Crippen LogP contribution >= 0.6 is 0 Å². The molecule has 0 heteroatoms. The lowest BCUT2D eigenvalue weighted by Gasteiger charge is -2.19. The molecule has 0 aromatic heterocycles. The average molecular weight is 685 g/mol. The van der Waals surface area contributed by atoms with E-state index in [9.17, 15) is 0 Å². The van der Waals surface area contributed by atoms with E-state index in [1.54, 1.807) is 0 Å². The molecule has 0 spiro atoms. The minimum atomic E-state index is 1.21. The van der Waals surface area contributed by atoms with Crippen LogP contribution < -0.4 is 0 Å². The van der Waals surface area contributed by atoms with E-state index < -0.39 is 0 Å². The third-order valence-corrected chi connectivity index (χ3v) is 10.8. The maximum absolute atomic E-state index is 2.43. The van der Waals surface area contributed by atoms with Gasteiger partial charge in [-0.05, 0) is 135 Å². The van der Waals surface area contributed by atoms with Gasteiger partial charge in [0.05, 0.1) is 0 Å². The summed E-state index contributed by atoms with van der Waals surface area (Å²) in [5, 5.41) is 7.47.